The van der Waals surface area contributed by atoms with Crippen molar-refractivity contribution in [1.82, 2.24) is 15.5 Å². The molecular weight excluding hydrogens is 511 g/mol. The number of ether oxygens (including phenoxy) is 3. The Hall–Kier alpha value is -1.30. The highest BCUT2D eigenvalue weighted by Crippen LogP contribution is 2.29. The Bertz CT molecular complexity index is 669. The van der Waals surface area contributed by atoms with Crippen molar-refractivity contribution in [2.75, 3.05) is 60.2 Å². The van der Waals surface area contributed by atoms with Crippen molar-refractivity contribution in [3.63, 3.8) is 0 Å². The van der Waals surface area contributed by atoms with Gasteiger partial charge in [-0.15, -0.1) is 24.0 Å². The molecule has 1 fully saturated rings. The molecule has 0 radical (unpaired) electrons. The van der Waals surface area contributed by atoms with Gasteiger partial charge >= 0.3 is 0 Å². The number of methoxy groups -OCH3 is 2. The minimum atomic E-state index is -0.765. The number of hydrogen-bond acceptors (Lipinski definition) is 6. The first kappa shape index (κ1) is 27.7. The second kappa shape index (κ2) is 14.7. The summed E-state index contributed by atoms with van der Waals surface area (Å²) >= 11 is 0. The summed E-state index contributed by atoms with van der Waals surface area (Å²) in [4.78, 5) is 7.25. The third-order valence-electron chi connectivity index (χ3n) is 5.32. The van der Waals surface area contributed by atoms with E-state index in [-0.39, 0.29) is 24.0 Å². The molecule has 1 aliphatic heterocycles. The lowest BCUT2D eigenvalue weighted by Gasteiger charge is -2.36. The van der Waals surface area contributed by atoms with E-state index in [0.29, 0.717) is 48.1 Å². The molecule has 9 heteroatoms. The SMILES string of the molecule is CCNC(=NCC(C(C)C)N1CCOCC1)NCC(O)c1cc(OC)ccc1OC.I. The minimum absolute atomic E-state index is 0. The van der Waals surface area contributed by atoms with E-state index in [4.69, 9.17) is 19.2 Å². The molecule has 0 spiro atoms. The van der Waals surface area contributed by atoms with Crippen LogP contribution in [0.2, 0.25) is 0 Å². The fraction of sp³-hybridized carbons (Fsp3) is 0.682. The van der Waals surface area contributed by atoms with E-state index in [0.717, 1.165) is 32.8 Å². The lowest BCUT2D eigenvalue weighted by Crippen LogP contribution is -2.48. The largest absolute Gasteiger partial charge is 0.497 e. The number of aliphatic hydroxyl groups excluding tert-OH is 1. The number of morpholine rings is 1. The van der Waals surface area contributed by atoms with E-state index >= 15 is 0 Å². The zero-order chi connectivity index (χ0) is 21.9. The topological polar surface area (TPSA) is 87.6 Å². The van der Waals surface area contributed by atoms with Crippen molar-refractivity contribution in [1.29, 1.82) is 0 Å². The highest BCUT2D eigenvalue weighted by atomic mass is 127. The Balaban J connectivity index is 0.00000480. The maximum Gasteiger partial charge on any atom is 0.191 e. The van der Waals surface area contributed by atoms with Crippen LogP contribution >= 0.6 is 24.0 Å². The predicted octanol–water partition coefficient (Wildman–Crippen LogP) is 2.27. The molecule has 0 bridgehead atoms. The van der Waals surface area contributed by atoms with Gasteiger partial charge in [0, 0.05) is 37.8 Å². The van der Waals surface area contributed by atoms with Gasteiger partial charge in [-0.25, -0.2) is 0 Å². The molecule has 0 saturated carbocycles. The molecule has 1 aromatic carbocycles. The van der Waals surface area contributed by atoms with E-state index in [1.165, 1.54) is 0 Å². The Morgan fingerprint density at radius 1 is 1.19 bits per heavy atom. The van der Waals surface area contributed by atoms with Gasteiger partial charge in [0.2, 0.25) is 0 Å². The van der Waals surface area contributed by atoms with Crippen LogP contribution in [-0.4, -0.2) is 82.2 Å². The number of aliphatic hydroxyl groups is 1. The van der Waals surface area contributed by atoms with Gasteiger partial charge < -0.3 is 30.0 Å². The van der Waals surface area contributed by atoms with Crippen molar-refractivity contribution < 1.29 is 19.3 Å². The summed E-state index contributed by atoms with van der Waals surface area (Å²) in [5.41, 5.74) is 0.675. The van der Waals surface area contributed by atoms with E-state index in [1.807, 2.05) is 13.0 Å². The zero-order valence-electron chi connectivity index (χ0n) is 19.4. The molecule has 31 heavy (non-hydrogen) atoms. The average molecular weight is 550 g/mol. The monoisotopic (exact) mass is 550 g/mol. The number of halogens is 1. The van der Waals surface area contributed by atoms with E-state index in [9.17, 15) is 5.11 Å². The van der Waals surface area contributed by atoms with Gasteiger partial charge in [-0.2, -0.15) is 0 Å². The minimum Gasteiger partial charge on any atom is -0.497 e. The standard InChI is InChI=1S/C22H38N4O4.HI/c1-6-23-22(24-14-19(16(2)3)26-9-11-30-12-10-26)25-15-20(27)18-13-17(28-4)7-8-21(18)29-5;/h7-8,13,16,19-20,27H,6,9-12,14-15H2,1-5H3,(H2,23,24,25);1H. The lowest BCUT2D eigenvalue weighted by molar-refractivity contribution is 0.00867. The molecule has 178 valence electrons. The molecule has 2 atom stereocenters. The summed E-state index contributed by atoms with van der Waals surface area (Å²) in [5, 5.41) is 17.3. The first-order chi connectivity index (χ1) is 14.5. The first-order valence-corrected chi connectivity index (χ1v) is 10.7. The van der Waals surface area contributed by atoms with Gasteiger partial charge in [0.15, 0.2) is 5.96 Å². The molecule has 0 amide bonds. The summed E-state index contributed by atoms with van der Waals surface area (Å²) in [6.45, 7) is 11.7. The Morgan fingerprint density at radius 2 is 1.90 bits per heavy atom. The van der Waals surface area contributed by atoms with Crippen LogP contribution in [0.4, 0.5) is 0 Å². The van der Waals surface area contributed by atoms with Crippen LogP contribution in [-0.2, 0) is 4.74 Å². The first-order valence-electron chi connectivity index (χ1n) is 10.7. The number of rotatable bonds is 10. The van der Waals surface area contributed by atoms with Gasteiger partial charge in [-0.1, -0.05) is 13.8 Å². The number of nitrogens with zero attached hydrogens (tertiary/aromatic N) is 2. The molecule has 8 nitrogen and oxygen atoms in total. The third-order valence-corrected chi connectivity index (χ3v) is 5.32. The average Bonchev–Trinajstić information content (AvgIpc) is 2.77. The van der Waals surface area contributed by atoms with Crippen LogP contribution in [0.5, 0.6) is 11.5 Å². The molecule has 0 aliphatic carbocycles. The number of benzene rings is 1. The van der Waals surface area contributed by atoms with Crippen molar-refractivity contribution in [3.8, 4) is 11.5 Å². The smallest absolute Gasteiger partial charge is 0.191 e. The molecule has 2 rings (SSSR count). The molecule has 0 aromatic heterocycles. The van der Waals surface area contributed by atoms with Crippen LogP contribution in [0.15, 0.2) is 23.2 Å². The Morgan fingerprint density at radius 3 is 2.48 bits per heavy atom. The normalized spacial score (nSPS) is 16.9. The van der Waals surface area contributed by atoms with E-state index in [2.05, 4.69) is 29.4 Å². The molecule has 3 N–H and O–H groups in total. The van der Waals surface area contributed by atoms with Crippen molar-refractivity contribution in [3.05, 3.63) is 23.8 Å². The van der Waals surface area contributed by atoms with Crippen LogP contribution in [0.25, 0.3) is 0 Å². The predicted molar refractivity (Wildman–Crippen MR) is 135 cm³/mol. The summed E-state index contributed by atoms with van der Waals surface area (Å²) in [7, 11) is 3.19. The fourth-order valence-corrected chi connectivity index (χ4v) is 3.59. The van der Waals surface area contributed by atoms with Gasteiger partial charge in [-0.05, 0) is 31.0 Å². The summed E-state index contributed by atoms with van der Waals surface area (Å²) in [5.74, 6) is 2.48. The molecule has 1 heterocycles. The van der Waals surface area contributed by atoms with Gasteiger partial charge in [-0.3, -0.25) is 9.89 Å². The van der Waals surface area contributed by atoms with Crippen molar-refractivity contribution >= 4 is 29.9 Å². The van der Waals surface area contributed by atoms with Crippen LogP contribution in [0, 0.1) is 5.92 Å². The zero-order valence-corrected chi connectivity index (χ0v) is 21.7. The van der Waals surface area contributed by atoms with Gasteiger partial charge in [0.1, 0.15) is 11.5 Å². The van der Waals surface area contributed by atoms with Gasteiger partial charge in [0.05, 0.1) is 40.1 Å². The summed E-state index contributed by atoms with van der Waals surface area (Å²) in [6.07, 6.45) is -0.765. The molecular formula is C22H39IN4O4. The van der Waals surface area contributed by atoms with Crippen LogP contribution < -0.4 is 20.1 Å². The van der Waals surface area contributed by atoms with Crippen LogP contribution in [0.3, 0.4) is 0 Å². The van der Waals surface area contributed by atoms with Crippen LogP contribution in [0.1, 0.15) is 32.4 Å². The number of nitrogens with one attached hydrogen (secondary N) is 2. The lowest BCUT2D eigenvalue weighted by atomic mass is 10.0. The molecule has 2 unspecified atom stereocenters. The molecule has 1 saturated heterocycles. The third kappa shape index (κ3) is 8.63. The number of aliphatic imine (C=N–C) groups is 1. The molecule has 1 aromatic rings. The fourth-order valence-electron chi connectivity index (χ4n) is 3.59. The highest BCUT2D eigenvalue weighted by molar-refractivity contribution is 14.0. The quantitative estimate of drug-likeness (QED) is 0.234. The second-order valence-corrected chi connectivity index (χ2v) is 7.68. The number of hydrogen-bond donors (Lipinski definition) is 3. The van der Waals surface area contributed by atoms with E-state index in [1.54, 1.807) is 26.4 Å². The van der Waals surface area contributed by atoms with Crippen molar-refractivity contribution in [2.45, 2.75) is 32.9 Å². The molecule has 1 aliphatic rings. The van der Waals surface area contributed by atoms with Crippen molar-refractivity contribution in [2.24, 2.45) is 10.9 Å². The van der Waals surface area contributed by atoms with E-state index < -0.39 is 6.10 Å². The number of guanidine groups is 1. The maximum absolute atomic E-state index is 10.7. The Labute approximate surface area is 203 Å². The van der Waals surface area contributed by atoms with Gasteiger partial charge in [0.25, 0.3) is 0 Å². The summed E-state index contributed by atoms with van der Waals surface area (Å²) in [6, 6.07) is 5.76. The maximum atomic E-state index is 10.7. The summed E-state index contributed by atoms with van der Waals surface area (Å²) < 4.78 is 16.2. The Kier molecular flexibility index (Phi) is 13.2. The second-order valence-electron chi connectivity index (χ2n) is 7.68. The highest BCUT2D eigenvalue weighted by Gasteiger charge is 2.23.